The van der Waals surface area contributed by atoms with Gasteiger partial charge in [-0.15, -0.1) is 11.6 Å². The van der Waals surface area contributed by atoms with E-state index in [1.807, 2.05) is 12.1 Å². The molecule has 1 aromatic carbocycles. The Morgan fingerprint density at radius 2 is 1.59 bits per heavy atom. The molecule has 1 rings (SSSR count). The molecule has 0 amide bonds. The predicted molar refractivity (Wildman–Crippen MR) is 93.8 cm³/mol. The highest BCUT2D eigenvalue weighted by Gasteiger charge is 2.35. The van der Waals surface area contributed by atoms with Gasteiger partial charge in [0.25, 0.3) is 0 Å². The molecule has 3 nitrogen and oxygen atoms in total. The van der Waals surface area contributed by atoms with Gasteiger partial charge in [-0.25, -0.2) is 4.79 Å². The van der Waals surface area contributed by atoms with Crippen LogP contribution in [0.1, 0.15) is 39.2 Å². The average Bonchev–Trinajstić information content (AvgIpc) is 2.38. The van der Waals surface area contributed by atoms with Gasteiger partial charge in [0, 0.05) is 16.8 Å². The van der Waals surface area contributed by atoms with Crippen LogP contribution in [-0.2, 0) is 4.33 Å². The zero-order chi connectivity index (χ0) is 17.6. The molecule has 0 radical (unpaired) electrons. The Hall–Kier alpha value is -0.350. The fraction of sp³-hybridized carbons (Fsp3) is 0.533. The molecule has 0 aliphatic heterocycles. The highest BCUT2D eigenvalue weighted by atomic mass is 35.5. The second-order valence-corrected chi connectivity index (χ2v) is 7.95. The summed E-state index contributed by atoms with van der Waals surface area (Å²) in [5, 5.41) is 14.5. The molecule has 1 unspecified atom stereocenters. The first-order chi connectivity index (χ1) is 9.92. The molecule has 0 aliphatic carbocycles. The van der Waals surface area contributed by atoms with Gasteiger partial charge in [-0.1, -0.05) is 67.7 Å². The minimum atomic E-state index is -1.83. The molecular weight excluding hydrogens is 370 g/mol. The van der Waals surface area contributed by atoms with E-state index in [0.717, 1.165) is 12.0 Å². The van der Waals surface area contributed by atoms with Crippen molar-refractivity contribution in [1.29, 1.82) is 0 Å². The summed E-state index contributed by atoms with van der Waals surface area (Å²) in [6, 6.07) is 7.24. The molecule has 1 aromatic rings. The van der Waals surface area contributed by atoms with E-state index in [1.54, 1.807) is 12.1 Å². The van der Waals surface area contributed by atoms with Crippen LogP contribution in [0.2, 0.25) is 5.02 Å². The summed E-state index contributed by atoms with van der Waals surface area (Å²) in [5.74, 6) is 0. The van der Waals surface area contributed by atoms with E-state index < -0.39 is 10.5 Å². The molecule has 0 saturated carbocycles. The molecule has 0 aromatic heterocycles. The smallest absolute Gasteiger partial charge is 0.450 e. The standard InChI is InChI=1S/C14H18Cl4.CH2O3/c1-4-13(2,3)12(16)9-14(17,18)10-5-7-11(15)8-6-10;2-1(3)4/h5-8,12H,4,9H2,1-3H3;(H2,2,3,4). The Morgan fingerprint density at radius 1 is 1.18 bits per heavy atom. The quantitative estimate of drug-likeness (QED) is 0.555. The van der Waals surface area contributed by atoms with Crippen LogP contribution in [0.15, 0.2) is 24.3 Å². The van der Waals surface area contributed by atoms with Crippen molar-refractivity contribution in [2.75, 3.05) is 0 Å². The summed E-state index contributed by atoms with van der Waals surface area (Å²) < 4.78 is -0.983. The third-order valence-corrected chi connectivity index (χ3v) is 5.20. The Labute approximate surface area is 151 Å². The molecule has 0 heterocycles. The Kier molecular flexibility index (Phi) is 8.93. The lowest BCUT2D eigenvalue weighted by atomic mass is 9.83. The molecule has 0 bridgehead atoms. The third kappa shape index (κ3) is 7.77. The van der Waals surface area contributed by atoms with Crippen molar-refractivity contribution in [3.8, 4) is 0 Å². The molecular formula is C15H20Cl4O3. The first-order valence-electron chi connectivity index (χ1n) is 6.62. The molecule has 0 spiro atoms. The van der Waals surface area contributed by atoms with Crippen LogP contribution in [0, 0.1) is 5.41 Å². The monoisotopic (exact) mass is 388 g/mol. The maximum absolute atomic E-state index is 8.56. The number of alkyl halides is 3. The SMILES string of the molecule is CCC(C)(C)C(Cl)CC(Cl)(Cl)c1ccc(Cl)cc1.O=C(O)O. The normalized spacial score (nSPS) is 13.0. The van der Waals surface area contributed by atoms with Gasteiger partial charge >= 0.3 is 6.16 Å². The third-order valence-electron chi connectivity index (χ3n) is 3.46. The number of hydrogen-bond donors (Lipinski definition) is 2. The van der Waals surface area contributed by atoms with Crippen LogP contribution in [-0.4, -0.2) is 21.7 Å². The van der Waals surface area contributed by atoms with Crippen molar-refractivity contribution in [2.24, 2.45) is 5.41 Å². The van der Waals surface area contributed by atoms with E-state index in [0.29, 0.717) is 11.4 Å². The Morgan fingerprint density at radius 3 is 1.95 bits per heavy atom. The topological polar surface area (TPSA) is 57.5 Å². The van der Waals surface area contributed by atoms with Gasteiger partial charge in [0.2, 0.25) is 0 Å². The number of halogens is 4. The number of carboxylic acid groups (broad SMARTS) is 2. The number of benzene rings is 1. The number of rotatable bonds is 5. The first-order valence-corrected chi connectivity index (χ1v) is 8.19. The Bertz CT molecular complexity index is 468. The average molecular weight is 390 g/mol. The van der Waals surface area contributed by atoms with Crippen molar-refractivity contribution in [3.63, 3.8) is 0 Å². The van der Waals surface area contributed by atoms with Crippen LogP contribution in [0.25, 0.3) is 0 Å². The van der Waals surface area contributed by atoms with E-state index in [2.05, 4.69) is 20.8 Å². The summed E-state index contributed by atoms with van der Waals surface area (Å²) in [5.41, 5.74) is 0.830. The molecule has 1 atom stereocenters. The minimum absolute atomic E-state index is 0.00299. The van der Waals surface area contributed by atoms with Gasteiger partial charge in [0.05, 0.1) is 0 Å². The lowest BCUT2D eigenvalue weighted by molar-refractivity contribution is 0.137. The summed E-state index contributed by atoms with van der Waals surface area (Å²) in [7, 11) is 0. The summed E-state index contributed by atoms with van der Waals surface area (Å²) in [4.78, 5) is 8.56. The van der Waals surface area contributed by atoms with Gasteiger partial charge in [-0.2, -0.15) is 0 Å². The highest BCUT2D eigenvalue weighted by molar-refractivity contribution is 6.48. The van der Waals surface area contributed by atoms with E-state index in [1.165, 1.54) is 0 Å². The molecule has 7 heteroatoms. The van der Waals surface area contributed by atoms with Crippen molar-refractivity contribution >= 4 is 52.6 Å². The molecule has 0 saturated heterocycles. The molecule has 2 N–H and O–H groups in total. The molecule has 0 aliphatic rings. The van der Waals surface area contributed by atoms with Gasteiger partial charge in [0.15, 0.2) is 0 Å². The fourth-order valence-corrected chi connectivity index (χ4v) is 2.76. The minimum Gasteiger partial charge on any atom is -0.450 e. The van der Waals surface area contributed by atoms with Crippen LogP contribution < -0.4 is 0 Å². The lowest BCUT2D eigenvalue weighted by Crippen LogP contribution is -2.29. The molecule has 126 valence electrons. The zero-order valence-corrected chi connectivity index (χ0v) is 15.6. The first kappa shape index (κ1) is 21.6. The van der Waals surface area contributed by atoms with E-state index in [4.69, 9.17) is 61.4 Å². The summed E-state index contributed by atoms with van der Waals surface area (Å²) in [6.45, 7) is 6.36. The largest absolute Gasteiger partial charge is 0.503 e. The molecule has 0 fully saturated rings. The second kappa shape index (κ2) is 9.07. The van der Waals surface area contributed by atoms with Gasteiger partial charge < -0.3 is 10.2 Å². The second-order valence-electron chi connectivity index (χ2n) is 5.51. The highest BCUT2D eigenvalue weighted by Crippen LogP contribution is 2.44. The van der Waals surface area contributed by atoms with Crippen molar-refractivity contribution < 1.29 is 15.0 Å². The fourth-order valence-electron chi connectivity index (χ4n) is 1.53. The maximum Gasteiger partial charge on any atom is 0.503 e. The van der Waals surface area contributed by atoms with Gasteiger partial charge in [-0.05, 0) is 29.5 Å². The summed E-state index contributed by atoms with van der Waals surface area (Å²) in [6.07, 6.45) is -0.355. The van der Waals surface area contributed by atoms with Crippen molar-refractivity contribution in [3.05, 3.63) is 34.9 Å². The van der Waals surface area contributed by atoms with Crippen LogP contribution in [0.5, 0.6) is 0 Å². The van der Waals surface area contributed by atoms with Crippen molar-refractivity contribution in [2.45, 2.75) is 43.3 Å². The van der Waals surface area contributed by atoms with Crippen molar-refractivity contribution in [1.82, 2.24) is 0 Å². The van der Waals surface area contributed by atoms with Crippen LogP contribution in [0.3, 0.4) is 0 Å². The number of carbonyl (C=O) groups is 1. The number of hydrogen-bond acceptors (Lipinski definition) is 1. The Balaban J connectivity index is 0.000000980. The summed E-state index contributed by atoms with van der Waals surface area (Å²) >= 11 is 25.1. The lowest BCUT2D eigenvalue weighted by Gasteiger charge is -2.33. The molecule has 22 heavy (non-hydrogen) atoms. The van der Waals surface area contributed by atoms with Gasteiger partial charge in [0.1, 0.15) is 4.33 Å². The van der Waals surface area contributed by atoms with E-state index in [9.17, 15) is 0 Å². The van der Waals surface area contributed by atoms with E-state index >= 15 is 0 Å². The maximum atomic E-state index is 8.56. The predicted octanol–water partition coefficient (Wildman–Crippen LogP) is 6.63. The van der Waals surface area contributed by atoms with Gasteiger partial charge in [-0.3, -0.25) is 0 Å². The van der Waals surface area contributed by atoms with Crippen LogP contribution >= 0.6 is 46.4 Å². The van der Waals surface area contributed by atoms with E-state index in [-0.39, 0.29) is 10.8 Å². The zero-order valence-electron chi connectivity index (χ0n) is 12.6. The van der Waals surface area contributed by atoms with Crippen LogP contribution in [0.4, 0.5) is 4.79 Å².